The van der Waals surface area contributed by atoms with Crippen molar-refractivity contribution in [1.82, 2.24) is 0 Å². The quantitative estimate of drug-likeness (QED) is 0.227. The molecule has 6 N–H and O–H groups in total. The highest BCUT2D eigenvalue weighted by Crippen LogP contribution is 2.40. The van der Waals surface area contributed by atoms with E-state index in [9.17, 15) is 10.1 Å². The maximum atomic E-state index is 10.6. The molecule has 0 saturated heterocycles. The average molecular weight is 505 g/mol. The molecular weight excluding hydrogens is 472 g/mol. The summed E-state index contributed by atoms with van der Waals surface area (Å²) in [4.78, 5) is 10.6. The fraction of sp³-hybridized carbons (Fsp3) is 0.214. The van der Waals surface area contributed by atoms with Crippen LogP contribution in [0, 0.1) is 11.3 Å². The molecule has 37 heavy (non-hydrogen) atoms. The number of primary amides is 1. The van der Waals surface area contributed by atoms with E-state index in [1.807, 2.05) is 36.4 Å². The second-order valence-corrected chi connectivity index (χ2v) is 7.78. The van der Waals surface area contributed by atoms with Crippen LogP contribution in [0.2, 0.25) is 0 Å². The third-order valence-corrected chi connectivity index (χ3v) is 5.32. The highest BCUT2D eigenvalue weighted by atomic mass is 16.5. The highest BCUT2D eigenvalue weighted by molar-refractivity contribution is 5.91. The molecule has 3 rings (SSSR count). The van der Waals surface area contributed by atoms with Crippen LogP contribution in [0.1, 0.15) is 16.7 Å². The van der Waals surface area contributed by atoms with E-state index in [4.69, 9.17) is 36.1 Å². The highest BCUT2D eigenvalue weighted by Gasteiger charge is 2.15. The van der Waals surface area contributed by atoms with Crippen molar-refractivity contribution in [3.05, 3.63) is 77.4 Å². The van der Waals surface area contributed by atoms with Gasteiger partial charge in [0.1, 0.15) is 5.75 Å². The Labute approximate surface area is 217 Å². The summed E-state index contributed by atoms with van der Waals surface area (Å²) in [7, 11) is 6.14. The van der Waals surface area contributed by atoms with Gasteiger partial charge < -0.3 is 36.1 Å². The first-order chi connectivity index (χ1) is 17.8. The lowest BCUT2D eigenvalue weighted by molar-refractivity contribution is -0.119. The number of rotatable bonds is 9. The van der Waals surface area contributed by atoms with E-state index in [0.29, 0.717) is 46.2 Å². The number of anilines is 1. The maximum Gasteiger partial charge on any atom is 0.234 e. The van der Waals surface area contributed by atoms with Crippen LogP contribution in [-0.2, 0) is 11.2 Å². The number of hydrogen-bond acceptors (Lipinski definition) is 8. The minimum absolute atomic E-state index is 0.434. The summed E-state index contributed by atoms with van der Waals surface area (Å²) in [6.07, 6.45) is 2.24. The normalized spacial score (nSPS) is 11.3. The fourth-order valence-corrected chi connectivity index (χ4v) is 3.39. The van der Waals surface area contributed by atoms with Crippen LogP contribution in [0.25, 0.3) is 11.6 Å². The van der Waals surface area contributed by atoms with Gasteiger partial charge in [-0.2, -0.15) is 5.26 Å². The van der Waals surface area contributed by atoms with Gasteiger partial charge in [-0.3, -0.25) is 4.79 Å². The average Bonchev–Trinajstić information content (AvgIpc) is 2.91. The van der Waals surface area contributed by atoms with Crippen LogP contribution in [0.4, 0.5) is 5.69 Å². The Kier molecular flexibility index (Phi) is 10.8. The molecular formula is C28H32N4O5. The Balaban J connectivity index is 0.000000335. The van der Waals surface area contributed by atoms with Gasteiger partial charge in [0.25, 0.3) is 0 Å². The number of nitrogens with two attached hydrogens (primary N) is 3. The smallest absolute Gasteiger partial charge is 0.234 e. The molecule has 9 heteroatoms. The zero-order valence-corrected chi connectivity index (χ0v) is 21.4. The molecule has 0 radical (unpaired) electrons. The lowest BCUT2D eigenvalue weighted by Gasteiger charge is -2.14. The number of carbonyl (C=O) groups excluding carboxylic acids is 1. The topological polar surface area (TPSA) is 156 Å². The second-order valence-electron chi connectivity index (χ2n) is 7.78. The van der Waals surface area contributed by atoms with Crippen molar-refractivity contribution >= 4 is 23.2 Å². The molecule has 0 saturated carbocycles. The summed E-state index contributed by atoms with van der Waals surface area (Å²) in [5.41, 5.74) is 19.8. The van der Waals surface area contributed by atoms with Gasteiger partial charge in [0.05, 0.1) is 51.8 Å². The van der Waals surface area contributed by atoms with E-state index in [-0.39, 0.29) is 0 Å². The van der Waals surface area contributed by atoms with Crippen LogP contribution in [0.5, 0.6) is 23.0 Å². The van der Waals surface area contributed by atoms with Crippen LogP contribution in [0.3, 0.4) is 0 Å². The summed E-state index contributed by atoms with van der Waals surface area (Å²) in [5, 5.41) is 9.58. The molecule has 0 aromatic heterocycles. The summed E-state index contributed by atoms with van der Waals surface area (Å²) < 4.78 is 21.1. The van der Waals surface area contributed by atoms with E-state index in [1.54, 1.807) is 37.5 Å². The van der Waals surface area contributed by atoms with Gasteiger partial charge in [0, 0.05) is 0 Å². The molecule has 9 nitrogen and oxygen atoms in total. The van der Waals surface area contributed by atoms with E-state index in [2.05, 4.69) is 6.07 Å². The monoisotopic (exact) mass is 504 g/mol. The van der Waals surface area contributed by atoms with Crippen molar-refractivity contribution in [1.29, 1.82) is 5.26 Å². The van der Waals surface area contributed by atoms with Gasteiger partial charge in [-0.25, -0.2) is 0 Å². The van der Waals surface area contributed by atoms with E-state index >= 15 is 0 Å². The Bertz CT molecular complexity index is 1240. The minimum atomic E-state index is -0.576. The molecule has 3 aromatic carbocycles. The largest absolute Gasteiger partial charge is 0.495 e. The van der Waals surface area contributed by atoms with Gasteiger partial charge in [0.2, 0.25) is 11.7 Å². The number of benzene rings is 3. The van der Waals surface area contributed by atoms with Gasteiger partial charge in [-0.05, 0) is 53.5 Å². The Morgan fingerprint density at radius 2 is 1.51 bits per heavy atom. The van der Waals surface area contributed by atoms with Crippen molar-refractivity contribution in [2.45, 2.75) is 12.5 Å². The first kappa shape index (κ1) is 28.6. The summed E-state index contributed by atoms with van der Waals surface area (Å²) in [5.74, 6) is 1.56. The lowest BCUT2D eigenvalue weighted by Crippen LogP contribution is -2.38. The predicted molar refractivity (Wildman–Crippen MR) is 144 cm³/mol. The number of carbonyl (C=O) groups is 1. The van der Waals surface area contributed by atoms with Crippen LogP contribution < -0.4 is 36.1 Å². The molecule has 0 aliphatic heterocycles. The van der Waals surface area contributed by atoms with Crippen molar-refractivity contribution in [3.8, 4) is 29.1 Å². The Morgan fingerprint density at radius 1 is 0.919 bits per heavy atom. The molecule has 194 valence electrons. The third kappa shape index (κ3) is 7.92. The van der Waals surface area contributed by atoms with E-state index in [0.717, 1.165) is 11.1 Å². The number of amides is 1. The molecule has 0 aliphatic carbocycles. The Hall–Kier alpha value is -4.68. The molecule has 1 amide bonds. The molecule has 0 aliphatic rings. The van der Waals surface area contributed by atoms with Crippen molar-refractivity contribution < 1.29 is 23.7 Å². The lowest BCUT2D eigenvalue weighted by atomic mass is 10.0. The van der Waals surface area contributed by atoms with E-state index in [1.165, 1.54) is 21.3 Å². The van der Waals surface area contributed by atoms with Crippen LogP contribution in [0.15, 0.2) is 60.7 Å². The van der Waals surface area contributed by atoms with Gasteiger partial charge >= 0.3 is 0 Å². The first-order valence-electron chi connectivity index (χ1n) is 11.2. The molecule has 0 spiro atoms. The number of ether oxygens (including phenoxy) is 4. The van der Waals surface area contributed by atoms with Crippen molar-refractivity contribution in [3.63, 3.8) is 0 Å². The van der Waals surface area contributed by atoms with Gasteiger partial charge in [-0.15, -0.1) is 0 Å². The minimum Gasteiger partial charge on any atom is -0.495 e. The number of hydrogen-bond donors (Lipinski definition) is 3. The number of nitriles is 1. The number of nitrogen functional groups attached to an aromatic ring is 1. The fourth-order valence-electron chi connectivity index (χ4n) is 3.39. The number of allylic oxidation sites excluding steroid dienone is 1. The molecule has 0 heterocycles. The van der Waals surface area contributed by atoms with Gasteiger partial charge in [-0.1, -0.05) is 36.4 Å². The SMILES string of the molecule is COc1ccc(C=C(C#N)c2cc(OC)c(OC)c(OC)c2)cc1N.NC(=O)[C@H](N)Cc1ccccc1. The van der Waals surface area contributed by atoms with Crippen molar-refractivity contribution in [2.24, 2.45) is 11.5 Å². The number of methoxy groups -OCH3 is 4. The van der Waals surface area contributed by atoms with Crippen molar-refractivity contribution in [2.75, 3.05) is 34.2 Å². The summed E-state index contributed by atoms with van der Waals surface area (Å²) in [6.45, 7) is 0. The summed E-state index contributed by atoms with van der Waals surface area (Å²) in [6, 6.07) is 20.0. The van der Waals surface area contributed by atoms with Crippen LogP contribution in [-0.4, -0.2) is 40.4 Å². The third-order valence-electron chi connectivity index (χ3n) is 5.32. The predicted octanol–water partition coefficient (Wildman–Crippen LogP) is 3.41. The standard InChI is InChI=1S/C19H20N2O4.C9H12N2O/c1-22-16-6-5-12(8-15(16)21)7-14(11-20)13-9-17(23-2)19(25-4)18(10-13)24-3;10-8(9(11)12)6-7-4-2-1-3-5-7/h5-10H,21H2,1-4H3;1-5,8H,6,10H2,(H2,11,12)/t;8-/m.1/s1. The zero-order chi connectivity index (χ0) is 27.4. The molecule has 0 fully saturated rings. The second kappa shape index (κ2) is 14.0. The molecule has 1 atom stereocenters. The maximum absolute atomic E-state index is 10.6. The Morgan fingerprint density at radius 3 is 1.97 bits per heavy atom. The molecule has 3 aromatic rings. The molecule has 0 unspecified atom stereocenters. The summed E-state index contributed by atoms with van der Waals surface area (Å²) >= 11 is 0. The zero-order valence-electron chi connectivity index (χ0n) is 21.4. The van der Waals surface area contributed by atoms with Crippen LogP contribution >= 0.6 is 0 Å². The molecule has 0 bridgehead atoms. The van der Waals surface area contributed by atoms with E-state index < -0.39 is 11.9 Å². The number of nitrogens with zero attached hydrogens (tertiary/aromatic N) is 1. The van der Waals surface area contributed by atoms with Gasteiger partial charge in [0.15, 0.2) is 11.5 Å². The first-order valence-corrected chi connectivity index (χ1v) is 11.2.